The molecule has 4 aromatic rings. The number of rotatable bonds is 8. The molecule has 1 aromatic heterocycles. The second-order valence-corrected chi connectivity index (χ2v) is 7.79. The highest BCUT2D eigenvalue weighted by Crippen LogP contribution is 2.27. The van der Waals surface area contributed by atoms with Crippen LogP contribution in [0.25, 0.3) is 16.9 Å². The first-order valence-corrected chi connectivity index (χ1v) is 11.0. The van der Waals surface area contributed by atoms with Crippen molar-refractivity contribution in [2.45, 2.75) is 19.8 Å². The molecular formula is C26H23N5O4. The molecule has 9 heteroatoms. The van der Waals surface area contributed by atoms with Gasteiger partial charge >= 0.3 is 0 Å². The van der Waals surface area contributed by atoms with Crippen molar-refractivity contribution < 1.29 is 14.5 Å². The van der Waals surface area contributed by atoms with E-state index in [1.165, 1.54) is 12.1 Å². The minimum absolute atomic E-state index is 0.0226. The highest BCUT2D eigenvalue weighted by atomic mass is 16.6. The Labute approximate surface area is 201 Å². The number of nitrogens with one attached hydrogen (secondary N) is 2. The number of hydrogen-bond donors (Lipinski definition) is 2. The molecule has 0 saturated heterocycles. The maximum Gasteiger partial charge on any atom is 0.269 e. The normalized spacial score (nSPS) is 10.5. The smallest absolute Gasteiger partial charge is 0.269 e. The van der Waals surface area contributed by atoms with Gasteiger partial charge in [-0.1, -0.05) is 31.2 Å². The summed E-state index contributed by atoms with van der Waals surface area (Å²) in [6.07, 6.45) is 2.17. The summed E-state index contributed by atoms with van der Waals surface area (Å²) >= 11 is 0. The van der Waals surface area contributed by atoms with Gasteiger partial charge in [0, 0.05) is 47.3 Å². The van der Waals surface area contributed by atoms with Crippen LogP contribution in [0.5, 0.6) is 0 Å². The van der Waals surface area contributed by atoms with Gasteiger partial charge in [-0.3, -0.25) is 19.7 Å². The molecule has 0 radical (unpaired) electrons. The van der Waals surface area contributed by atoms with E-state index in [0.29, 0.717) is 34.6 Å². The van der Waals surface area contributed by atoms with Crippen LogP contribution in [0.1, 0.15) is 18.9 Å². The molecule has 176 valence electrons. The molecular weight excluding hydrogens is 446 g/mol. The van der Waals surface area contributed by atoms with Crippen LogP contribution in [0.3, 0.4) is 0 Å². The molecule has 0 atom stereocenters. The van der Waals surface area contributed by atoms with E-state index in [-0.39, 0.29) is 23.9 Å². The molecule has 0 fully saturated rings. The minimum atomic E-state index is -0.461. The van der Waals surface area contributed by atoms with Crippen LogP contribution in [0.15, 0.2) is 85.1 Å². The first-order valence-electron chi connectivity index (χ1n) is 11.0. The Bertz CT molecular complexity index is 1360. The SMILES string of the molecule is CCC(=O)Nc1cccc(NC(=O)Cc2cn(-c3ccccc3)nc2-c2ccc([N+](=O)[O-])cc2)c1. The summed E-state index contributed by atoms with van der Waals surface area (Å²) in [7, 11) is 0. The third kappa shape index (κ3) is 5.77. The van der Waals surface area contributed by atoms with Crippen molar-refractivity contribution in [3.8, 4) is 16.9 Å². The zero-order valence-electron chi connectivity index (χ0n) is 19.0. The van der Waals surface area contributed by atoms with Gasteiger partial charge in [-0.25, -0.2) is 4.68 Å². The van der Waals surface area contributed by atoms with Gasteiger partial charge in [0.05, 0.1) is 22.7 Å². The Morgan fingerprint density at radius 2 is 1.57 bits per heavy atom. The number of carbonyl (C=O) groups is 2. The van der Waals surface area contributed by atoms with Crippen LogP contribution < -0.4 is 10.6 Å². The Kier molecular flexibility index (Phi) is 6.96. The molecule has 0 spiro atoms. The van der Waals surface area contributed by atoms with E-state index in [0.717, 1.165) is 5.69 Å². The quantitative estimate of drug-likeness (QED) is 0.279. The van der Waals surface area contributed by atoms with Gasteiger partial charge in [0.25, 0.3) is 5.69 Å². The third-order valence-electron chi connectivity index (χ3n) is 5.26. The van der Waals surface area contributed by atoms with E-state index in [9.17, 15) is 19.7 Å². The summed E-state index contributed by atoms with van der Waals surface area (Å²) < 4.78 is 1.68. The minimum Gasteiger partial charge on any atom is -0.326 e. The fraction of sp³-hybridized carbons (Fsp3) is 0.115. The van der Waals surface area contributed by atoms with Crippen molar-refractivity contribution in [1.82, 2.24) is 9.78 Å². The summed E-state index contributed by atoms with van der Waals surface area (Å²) in [5.41, 5.74) is 3.83. The molecule has 35 heavy (non-hydrogen) atoms. The fourth-order valence-corrected chi connectivity index (χ4v) is 3.54. The highest BCUT2D eigenvalue weighted by Gasteiger charge is 2.17. The van der Waals surface area contributed by atoms with Crippen LogP contribution in [-0.4, -0.2) is 26.5 Å². The molecule has 0 aliphatic rings. The summed E-state index contributed by atoms with van der Waals surface area (Å²) in [5.74, 6) is -0.380. The number of para-hydroxylation sites is 1. The van der Waals surface area contributed by atoms with Crippen LogP contribution in [0.4, 0.5) is 17.1 Å². The highest BCUT2D eigenvalue weighted by molar-refractivity contribution is 5.95. The Hall–Kier alpha value is -4.79. The van der Waals surface area contributed by atoms with Crippen molar-refractivity contribution >= 4 is 28.9 Å². The zero-order chi connectivity index (χ0) is 24.8. The largest absolute Gasteiger partial charge is 0.326 e. The second kappa shape index (κ2) is 10.4. The summed E-state index contributed by atoms with van der Waals surface area (Å²) in [4.78, 5) is 35.2. The molecule has 0 unspecified atom stereocenters. The maximum atomic E-state index is 12.9. The fourth-order valence-electron chi connectivity index (χ4n) is 3.54. The first kappa shape index (κ1) is 23.4. The lowest BCUT2D eigenvalue weighted by atomic mass is 10.1. The number of nitrogens with zero attached hydrogens (tertiary/aromatic N) is 3. The van der Waals surface area contributed by atoms with Crippen LogP contribution in [0.2, 0.25) is 0 Å². The lowest BCUT2D eigenvalue weighted by molar-refractivity contribution is -0.384. The van der Waals surface area contributed by atoms with Crippen molar-refractivity contribution in [1.29, 1.82) is 0 Å². The van der Waals surface area contributed by atoms with Crippen LogP contribution >= 0.6 is 0 Å². The van der Waals surface area contributed by atoms with Crippen molar-refractivity contribution in [2.75, 3.05) is 10.6 Å². The molecule has 4 rings (SSSR count). The van der Waals surface area contributed by atoms with Crippen molar-refractivity contribution in [2.24, 2.45) is 0 Å². The predicted octanol–water partition coefficient (Wildman–Crippen LogP) is 4.98. The Morgan fingerprint density at radius 1 is 0.914 bits per heavy atom. The van der Waals surface area contributed by atoms with E-state index in [4.69, 9.17) is 0 Å². The van der Waals surface area contributed by atoms with E-state index in [2.05, 4.69) is 15.7 Å². The van der Waals surface area contributed by atoms with Crippen molar-refractivity contribution in [3.05, 3.63) is 101 Å². The molecule has 9 nitrogen and oxygen atoms in total. The van der Waals surface area contributed by atoms with E-state index < -0.39 is 4.92 Å². The standard InChI is InChI=1S/C26H23N5O4/c1-2-24(32)27-20-7-6-8-21(16-20)28-25(33)15-19-17-30(22-9-4-3-5-10-22)29-26(19)18-11-13-23(14-12-18)31(34)35/h3-14,16-17H,2,15H2,1H3,(H,27,32)(H,28,33). The molecule has 2 amide bonds. The summed E-state index contributed by atoms with van der Waals surface area (Å²) in [6.45, 7) is 1.76. The van der Waals surface area contributed by atoms with E-state index >= 15 is 0 Å². The number of aromatic nitrogens is 2. The predicted molar refractivity (Wildman–Crippen MR) is 133 cm³/mol. The number of hydrogen-bond acceptors (Lipinski definition) is 5. The summed E-state index contributed by atoms with van der Waals surface area (Å²) in [5, 5.41) is 21.3. The van der Waals surface area contributed by atoms with Gasteiger partial charge in [-0.15, -0.1) is 0 Å². The number of non-ortho nitro benzene ring substituents is 1. The number of nitro benzene ring substituents is 1. The number of amides is 2. The van der Waals surface area contributed by atoms with Gasteiger partial charge in [0.15, 0.2) is 0 Å². The lowest BCUT2D eigenvalue weighted by Crippen LogP contribution is -2.15. The summed E-state index contributed by atoms with van der Waals surface area (Å²) in [6, 6.07) is 22.5. The molecule has 0 aliphatic heterocycles. The second-order valence-electron chi connectivity index (χ2n) is 7.79. The molecule has 1 heterocycles. The Balaban J connectivity index is 1.60. The average molecular weight is 470 g/mol. The van der Waals surface area contributed by atoms with Gasteiger partial charge in [0.1, 0.15) is 0 Å². The van der Waals surface area contributed by atoms with Crippen LogP contribution in [-0.2, 0) is 16.0 Å². The number of anilines is 2. The monoisotopic (exact) mass is 469 g/mol. The van der Waals surface area contributed by atoms with Gasteiger partial charge in [-0.2, -0.15) is 5.10 Å². The number of carbonyl (C=O) groups excluding carboxylic acids is 2. The zero-order valence-corrected chi connectivity index (χ0v) is 19.0. The first-order chi connectivity index (χ1) is 16.9. The average Bonchev–Trinajstić information content (AvgIpc) is 3.28. The lowest BCUT2D eigenvalue weighted by Gasteiger charge is -2.08. The van der Waals surface area contributed by atoms with E-state index in [1.54, 1.807) is 54.2 Å². The van der Waals surface area contributed by atoms with Gasteiger partial charge in [0.2, 0.25) is 11.8 Å². The van der Waals surface area contributed by atoms with Gasteiger partial charge < -0.3 is 10.6 Å². The molecule has 0 aliphatic carbocycles. The maximum absolute atomic E-state index is 12.9. The van der Waals surface area contributed by atoms with Gasteiger partial charge in [-0.05, 0) is 42.5 Å². The molecule has 2 N–H and O–H groups in total. The molecule has 3 aromatic carbocycles. The third-order valence-corrected chi connectivity index (χ3v) is 5.26. The van der Waals surface area contributed by atoms with E-state index in [1.807, 2.05) is 30.3 Å². The van der Waals surface area contributed by atoms with Crippen LogP contribution in [0, 0.1) is 10.1 Å². The Morgan fingerprint density at radius 3 is 2.20 bits per heavy atom. The van der Waals surface area contributed by atoms with Crippen molar-refractivity contribution in [3.63, 3.8) is 0 Å². The molecule has 0 saturated carbocycles. The topological polar surface area (TPSA) is 119 Å². The molecule has 0 bridgehead atoms. The number of nitro groups is 1. The number of benzene rings is 3.